The summed E-state index contributed by atoms with van der Waals surface area (Å²) in [7, 11) is 1.29. The summed E-state index contributed by atoms with van der Waals surface area (Å²) in [6, 6.07) is 28.3. The minimum absolute atomic E-state index is 0.0164. The van der Waals surface area contributed by atoms with E-state index < -0.39 is 12.1 Å². The van der Waals surface area contributed by atoms with Crippen molar-refractivity contribution in [3.05, 3.63) is 136 Å². The quantitative estimate of drug-likeness (QED) is 0.261. The van der Waals surface area contributed by atoms with Crippen LogP contribution >= 0.6 is 0 Å². The molecule has 0 fully saturated rings. The zero-order valence-corrected chi connectivity index (χ0v) is 21.0. The van der Waals surface area contributed by atoms with Crippen LogP contribution in [-0.4, -0.2) is 23.8 Å². The maximum absolute atomic E-state index is 14.5. The molecule has 1 atom stereocenters. The van der Waals surface area contributed by atoms with E-state index >= 15 is 0 Å². The van der Waals surface area contributed by atoms with E-state index in [9.17, 15) is 14.0 Å². The van der Waals surface area contributed by atoms with Crippen LogP contribution in [-0.2, 0) is 22.5 Å². The van der Waals surface area contributed by atoms with E-state index in [1.54, 1.807) is 23.6 Å². The normalized spacial score (nSPS) is 11.8. The number of rotatable bonds is 10. The van der Waals surface area contributed by atoms with Gasteiger partial charge in [0.25, 0.3) is 5.56 Å². The third-order valence-electron chi connectivity index (χ3n) is 6.31. The fourth-order valence-corrected chi connectivity index (χ4v) is 4.44. The fourth-order valence-electron chi connectivity index (χ4n) is 4.44. The Kier molecular flexibility index (Phi) is 8.52. The van der Waals surface area contributed by atoms with Crippen molar-refractivity contribution in [2.75, 3.05) is 7.11 Å². The maximum atomic E-state index is 14.5. The molecule has 1 heterocycles. The minimum Gasteiger partial charge on any atom is -0.479 e. The van der Waals surface area contributed by atoms with Crippen LogP contribution in [0.1, 0.15) is 41.5 Å². The zero-order chi connectivity index (χ0) is 26.2. The second-order valence-corrected chi connectivity index (χ2v) is 8.89. The molecular weight excluding hydrogens is 469 g/mol. The largest absolute Gasteiger partial charge is 0.479 e. The number of hydrogen-bond donors (Lipinski definition) is 0. The number of carbonyl (C=O) groups excluding carboxylic acids is 1. The smallest absolute Gasteiger partial charge is 0.346 e. The summed E-state index contributed by atoms with van der Waals surface area (Å²) >= 11 is 0. The third-order valence-corrected chi connectivity index (χ3v) is 6.31. The van der Waals surface area contributed by atoms with E-state index in [-0.39, 0.29) is 17.3 Å². The van der Waals surface area contributed by atoms with Gasteiger partial charge >= 0.3 is 5.97 Å². The van der Waals surface area contributed by atoms with Gasteiger partial charge in [-0.25, -0.2) is 9.18 Å². The van der Waals surface area contributed by atoms with Crippen LogP contribution in [0.15, 0.2) is 102 Å². The SMILES string of the molecule is COC(=O)[C@H](C)Oc1ccc(F)c(CCCn2cc(C(c3ccccc3)c3ccccc3)ccc2=O)c1. The van der Waals surface area contributed by atoms with Crippen LogP contribution in [0, 0.1) is 5.82 Å². The van der Waals surface area contributed by atoms with Crippen LogP contribution < -0.4 is 10.3 Å². The standard InChI is InChI=1S/C31H30FNO4/c1-22(31(35)36-2)37-27-16-17-28(32)25(20-27)14-9-19-33-21-26(15-18-29(33)34)30(23-10-5-3-6-11-23)24-12-7-4-8-13-24/h3-8,10-13,15-18,20-22,30H,9,14,19H2,1-2H3/t22-/m0/s1. The number of carbonyl (C=O) groups is 1. The number of methoxy groups -OCH3 is 1. The topological polar surface area (TPSA) is 57.5 Å². The second-order valence-electron chi connectivity index (χ2n) is 8.89. The van der Waals surface area contributed by atoms with Gasteiger partial charge < -0.3 is 14.0 Å². The molecule has 0 aliphatic rings. The van der Waals surface area contributed by atoms with Gasteiger partial charge in [0.05, 0.1) is 7.11 Å². The molecule has 4 aromatic rings. The van der Waals surface area contributed by atoms with Crippen LogP contribution in [0.25, 0.3) is 0 Å². The Bertz CT molecular complexity index is 1350. The van der Waals surface area contributed by atoms with E-state index in [4.69, 9.17) is 4.74 Å². The first-order chi connectivity index (χ1) is 18.0. The number of nitrogens with zero attached hydrogens (tertiary/aromatic N) is 1. The first-order valence-electron chi connectivity index (χ1n) is 12.3. The summed E-state index contributed by atoms with van der Waals surface area (Å²) in [6.45, 7) is 2.01. The monoisotopic (exact) mass is 499 g/mol. The van der Waals surface area contributed by atoms with Gasteiger partial charge in [0, 0.05) is 24.7 Å². The van der Waals surface area contributed by atoms with Gasteiger partial charge in [-0.05, 0) is 60.2 Å². The van der Waals surface area contributed by atoms with Crippen LogP contribution in [0.2, 0.25) is 0 Å². The molecule has 0 unspecified atom stereocenters. The van der Waals surface area contributed by atoms with Gasteiger partial charge in [-0.2, -0.15) is 0 Å². The van der Waals surface area contributed by atoms with Crippen molar-refractivity contribution in [1.29, 1.82) is 0 Å². The maximum Gasteiger partial charge on any atom is 0.346 e. The summed E-state index contributed by atoms with van der Waals surface area (Å²) in [4.78, 5) is 24.3. The lowest BCUT2D eigenvalue weighted by atomic mass is 9.86. The first-order valence-corrected chi connectivity index (χ1v) is 12.3. The highest BCUT2D eigenvalue weighted by molar-refractivity contribution is 5.74. The van der Waals surface area contributed by atoms with Crippen molar-refractivity contribution in [3.63, 3.8) is 0 Å². The second kappa shape index (κ2) is 12.2. The number of esters is 1. The van der Waals surface area contributed by atoms with Gasteiger partial charge in [-0.15, -0.1) is 0 Å². The van der Waals surface area contributed by atoms with Crippen molar-refractivity contribution in [2.24, 2.45) is 0 Å². The molecule has 1 aromatic heterocycles. The molecular formula is C31H30FNO4. The number of halogens is 1. The number of aromatic nitrogens is 1. The highest BCUT2D eigenvalue weighted by atomic mass is 19.1. The number of hydrogen-bond acceptors (Lipinski definition) is 4. The highest BCUT2D eigenvalue weighted by Gasteiger charge is 2.18. The Labute approximate surface area is 216 Å². The highest BCUT2D eigenvalue weighted by Crippen LogP contribution is 2.31. The predicted molar refractivity (Wildman–Crippen MR) is 141 cm³/mol. The van der Waals surface area contributed by atoms with Crippen LogP contribution in [0.5, 0.6) is 5.75 Å². The third kappa shape index (κ3) is 6.53. The lowest BCUT2D eigenvalue weighted by molar-refractivity contribution is -0.147. The summed E-state index contributed by atoms with van der Waals surface area (Å²) < 4.78 is 26.4. The molecule has 0 aliphatic heterocycles. The molecule has 0 saturated heterocycles. The van der Waals surface area contributed by atoms with Crippen molar-refractivity contribution in [3.8, 4) is 5.75 Å². The van der Waals surface area contributed by atoms with Crippen molar-refractivity contribution >= 4 is 5.97 Å². The summed E-state index contributed by atoms with van der Waals surface area (Å²) in [6.07, 6.45) is 2.07. The van der Waals surface area contributed by atoms with Gasteiger partial charge in [0.2, 0.25) is 0 Å². The fraction of sp³-hybridized carbons (Fsp3) is 0.226. The molecule has 4 rings (SSSR count). The van der Waals surface area contributed by atoms with Gasteiger partial charge in [0.1, 0.15) is 11.6 Å². The molecule has 190 valence electrons. The van der Waals surface area contributed by atoms with E-state index in [0.717, 1.165) is 16.7 Å². The Morgan fingerprint density at radius 3 is 2.16 bits per heavy atom. The summed E-state index contributed by atoms with van der Waals surface area (Å²) in [5.74, 6) is -0.485. The van der Waals surface area contributed by atoms with Crippen molar-refractivity contribution < 1.29 is 18.7 Å². The molecule has 0 amide bonds. The minimum atomic E-state index is -0.799. The average molecular weight is 500 g/mol. The Morgan fingerprint density at radius 2 is 1.54 bits per heavy atom. The Balaban J connectivity index is 1.52. The zero-order valence-electron chi connectivity index (χ0n) is 21.0. The molecule has 6 heteroatoms. The average Bonchev–Trinajstić information content (AvgIpc) is 2.93. The molecule has 0 spiro atoms. The molecule has 0 aliphatic carbocycles. The molecule has 0 bridgehead atoms. The number of ether oxygens (including phenoxy) is 2. The predicted octanol–water partition coefficient (Wildman–Crippen LogP) is 5.74. The van der Waals surface area contributed by atoms with Crippen LogP contribution in [0.3, 0.4) is 0 Å². The Morgan fingerprint density at radius 1 is 0.892 bits per heavy atom. The van der Waals surface area contributed by atoms with Gasteiger partial charge in [0.15, 0.2) is 6.10 Å². The van der Waals surface area contributed by atoms with Gasteiger partial charge in [-0.3, -0.25) is 4.79 Å². The molecule has 0 N–H and O–H groups in total. The van der Waals surface area contributed by atoms with Crippen molar-refractivity contribution in [2.45, 2.75) is 38.3 Å². The first kappa shape index (κ1) is 25.9. The summed E-state index contributed by atoms with van der Waals surface area (Å²) in [5, 5.41) is 0. The summed E-state index contributed by atoms with van der Waals surface area (Å²) in [5.41, 5.74) is 3.65. The molecule has 5 nitrogen and oxygen atoms in total. The van der Waals surface area contributed by atoms with E-state index in [2.05, 4.69) is 29.0 Å². The van der Waals surface area contributed by atoms with Crippen molar-refractivity contribution in [1.82, 2.24) is 4.57 Å². The number of benzene rings is 3. The van der Waals surface area contributed by atoms with Gasteiger partial charge in [-0.1, -0.05) is 66.7 Å². The van der Waals surface area contributed by atoms with E-state index in [0.29, 0.717) is 30.7 Å². The molecule has 37 heavy (non-hydrogen) atoms. The number of aryl methyl sites for hydroxylation is 2. The lowest BCUT2D eigenvalue weighted by Gasteiger charge is -2.20. The van der Waals surface area contributed by atoms with E-state index in [1.165, 1.54) is 19.2 Å². The van der Waals surface area contributed by atoms with E-state index in [1.807, 2.05) is 48.7 Å². The van der Waals surface area contributed by atoms with Crippen LogP contribution in [0.4, 0.5) is 4.39 Å². The molecule has 0 saturated carbocycles. The molecule has 0 radical (unpaired) electrons. The lowest BCUT2D eigenvalue weighted by Crippen LogP contribution is -2.25. The molecule has 3 aromatic carbocycles. The Hall–Kier alpha value is -4.19. The number of pyridine rings is 1.